The van der Waals surface area contributed by atoms with E-state index in [4.69, 9.17) is 16.3 Å². The van der Waals surface area contributed by atoms with Gasteiger partial charge >= 0.3 is 5.97 Å². The van der Waals surface area contributed by atoms with Gasteiger partial charge < -0.3 is 15.4 Å². The average molecular weight is 430 g/mol. The summed E-state index contributed by atoms with van der Waals surface area (Å²) in [6.07, 6.45) is 0. The number of esters is 1. The molecule has 0 saturated carbocycles. The summed E-state index contributed by atoms with van der Waals surface area (Å²) in [4.78, 5) is 40.1. The predicted molar refractivity (Wildman–Crippen MR) is 111 cm³/mol. The maximum Gasteiger partial charge on any atom is 0.340 e. The van der Waals surface area contributed by atoms with Gasteiger partial charge in [-0.15, -0.1) is 11.3 Å². The first-order valence-corrected chi connectivity index (χ1v) is 9.73. The highest BCUT2D eigenvalue weighted by Crippen LogP contribution is 2.20. The molecule has 2 amide bonds. The molecule has 0 radical (unpaired) electrons. The van der Waals surface area contributed by atoms with Gasteiger partial charge in [0.1, 0.15) is 6.61 Å². The second kappa shape index (κ2) is 9.31. The Labute approximate surface area is 175 Å². The first-order valence-electron chi connectivity index (χ1n) is 8.47. The van der Waals surface area contributed by atoms with Gasteiger partial charge in [0.05, 0.1) is 16.9 Å². The zero-order valence-corrected chi connectivity index (χ0v) is 16.8. The van der Waals surface area contributed by atoms with Crippen LogP contribution in [0.4, 0.5) is 10.8 Å². The lowest BCUT2D eigenvalue weighted by atomic mass is 10.1. The van der Waals surface area contributed by atoms with Crippen molar-refractivity contribution in [3.05, 3.63) is 75.8 Å². The molecule has 29 heavy (non-hydrogen) atoms. The Morgan fingerprint density at radius 2 is 1.79 bits per heavy atom. The molecule has 0 atom stereocenters. The van der Waals surface area contributed by atoms with Crippen molar-refractivity contribution in [3.8, 4) is 0 Å². The molecule has 0 spiro atoms. The predicted octanol–water partition coefficient (Wildman–Crippen LogP) is 4.36. The number of halogens is 1. The second-order valence-corrected chi connectivity index (χ2v) is 7.20. The number of nitrogens with one attached hydrogen (secondary N) is 2. The van der Waals surface area contributed by atoms with Crippen molar-refractivity contribution < 1.29 is 19.1 Å². The summed E-state index contributed by atoms with van der Waals surface area (Å²) >= 11 is 7.07. The number of amides is 2. The summed E-state index contributed by atoms with van der Waals surface area (Å²) in [5.41, 5.74) is 1.46. The number of aromatic nitrogens is 1. The summed E-state index contributed by atoms with van der Waals surface area (Å²) in [5.74, 6) is -1.21. The van der Waals surface area contributed by atoms with Crippen LogP contribution in [0.1, 0.15) is 33.3 Å². The first-order chi connectivity index (χ1) is 13.9. The molecule has 0 aliphatic carbocycles. The van der Waals surface area contributed by atoms with E-state index in [1.807, 2.05) is 0 Å². The fraction of sp³-hybridized carbons (Fsp3) is 0.100. The Hall–Kier alpha value is -3.23. The monoisotopic (exact) mass is 429 g/mol. The van der Waals surface area contributed by atoms with E-state index < -0.39 is 5.97 Å². The third kappa shape index (κ3) is 5.63. The molecule has 0 bridgehead atoms. The van der Waals surface area contributed by atoms with Gasteiger partial charge in [-0.3, -0.25) is 9.59 Å². The van der Waals surface area contributed by atoms with Crippen LogP contribution in [-0.4, -0.2) is 22.8 Å². The number of nitrogens with zero attached hydrogens (tertiary/aromatic N) is 1. The summed E-state index contributed by atoms with van der Waals surface area (Å²) < 4.78 is 5.30. The number of para-hydroxylation sites is 1. The molecular weight excluding hydrogens is 414 g/mol. The number of ether oxygens (including phenoxy) is 1. The van der Waals surface area contributed by atoms with Crippen LogP contribution in [0.3, 0.4) is 0 Å². The van der Waals surface area contributed by atoms with E-state index >= 15 is 0 Å². The Balaban J connectivity index is 1.66. The lowest BCUT2D eigenvalue weighted by Gasteiger charge is -2.10. The smallest absolute Gasteiger partial charge is 0.340 e. The summed E-state index contributed by atoms with van der Waals surface area (Å²) in [5, 5.41) is 7.91. The molecule has 7 nitrogen and oxygen atoms in total. The Bertz CT molecular complexity index is 1050. The summed E-state index contributed by atoms with van der Waals surface area (Å²) in [6, 6.07) is 13.0. The van der Waals surface area contributed by atoms with Gasteiger partial charge in [-0.1, -0.05) is 23.7 Å². The maximum atomic E-state index is 12.5. The molecular formula is C20H16ClN3O4S. The van der Waals surface area contributed by atoms with Crippen LogP contribution < -0.4 is 10.6 Å². The fourth-order valence-electron chi connectivity index (χ4n) is 2.36. The van der Waals surface area contributed by atoms with E-state index in [0.717, 1.165) is 0 Å². The highest BCUT2D eigenvalue weighted by molar-refractivity contribution is 7.13. The molecule has 9 heteroatoms. The zero-order valence-electron chi connectivity index (χ0n) is 15.3. The number of carbonyl (C=O) groups excluding carboxylic acids is 3. The van der Waals surface area contributed by atoms with E-state index in [1.165, 1.54) is 18.3 Å². The minimum Gasteiger partial charge on any atom is -0.455 e. The van der Waals surface area contributed by atoms with E-state index in [0.29, 0.717) is 27.1 Å². The van der Waals surface area contributed by atoms with Gasteiger partial charge in [-0.2, -0.15) is 0 Å². The molecule has 3 rings (SSSR count). The molecule has 148 valence electrons. The van der Waals surface area contributed by atoms with Crippen molar-refractivity contribution in [2.75, 3.05) is 10.6 Å². The van der Waals surface area contributed by atoms with Gasteiger partial charge in [0.25, 0.3) is 5.91 Å². The van der Waals surface area contributed by atoms with Crippen molar-refractivity contribution in [2.24, 2.45) is 0 Å². The Morgan fingerprint density at radius 1 is 1.07 bits per heavy atom. The van der Waals surface area contributed by atoms with Gasteiger partial charge in [0.15, 0.2) is 5.13 Å². The van der Waals surface area contributed by atoms with Gasteiger partial charge in [0, 0.05) is 22.9 Å². The molecule has 2 aromatic carbocycles. The van der Waals surface area contributed by atoms with Gasteiger partial charge in [-0.25, -0.2) is 9.78 Å². The summed E-state index contributed by atoms with van der Waals surface area (Å²) in [6.45, 7) is 1.32. The number of carbonyl (C=O) groups is 3. The van der Waals surface area contributed by atoms with E-state index in [-0.39, 0.29) is 24.0 Å². The molecule has 1 aromatic heterocycles. The fourth-order valence-corrected chi connectivity index (χ4v) is 3.23. The molecule has 1 heterocycles. The van der Waals surface area contributed by atoms with Crippen molar-refractivity contribution in [1.82, 2.24) is 4.98 Å². The largest absolute Gasteiger partial charge is 0.455 e. The topological polar surface area (TPSA) is 97.4 Å². The van der Waals surface area contributed by atoms with Crippen LogP contribution in [0.2, 0.25) is 5.02 Å². The maximum absolute atomic E-state index is 12.5. The highest BCUT2D eigenvalue weighted by Gasteiger charge is 2.16. The number of hydrogen-bond donors (Lipinski definition) is 2. The van der Waals surface area contributed by atoms with E-state index in [2.05, 4.69) is 15.6 Å². The number of thiazole rings is 1. The van der Waals surface area contributed by atoms with Crippen LogP contribution in [-0.2, 0) is 16.1 Å². The standard InChI is InChI=1S/C20H16ClN3O4S/c1-12(25)22-20-23-15(11-29-20)10-28-19(27)16-4-2-3-5-17(16)24-18(26)13-6-8-14(21)9-7-13/h2-9,11H,10H2,1H3,(H,24,26)(H,22,23,25). The van der Waals surface area contributed by atoms with E-state index in [1.54, 1.807) is 53.9 Å². The van der Waals surface area contributed by atoms with Crippen LogP contribution >= 0.6 is 22.9 Å². The lowest BCUT2D eigenvalue weighted by molar-refractivity contribution is -0.114. The normalized spacial score (nSPS) is 10.3. The highest BCUT2D eigenvalue weighted by atomic mass is 35.5. The minimum absolute atomic E-state index is 0.0611. The van der Waals surface area contributed by atoms with Crippen LogP contribution in [0, 0.1) is 0 Å². The van der Waals surface area contributed by atoms with Crippen LogP contribution in [0.25, 0.3) is 0 Å². The molecule has 0 fully saturated rings. The zero-order chi connectivity index (χ0) is 20.8. The van der Waals surface area contributed by atoms with Gasteiger partial charge in [0.2, 0.25) is 5.91 Å². The second-order valence-electron chi connectivity index (χ2n) is 5.91. The first kappa shape index (κ1) is 20.5. The Kier molecular flexibility index (Phi) is 6.58. The van der Waals surface area contributed by atoms with E-state index in [9.17, 15) is 14.4 Å². The molecule has 3 aromatic rings. The molecule has 0 unspecified atom stereocenters. The lowest BCUT2D eigenvalue weighted by Crippen LogP contribution is -2.16. The number of benzene rings is 2. The minimum atomic E-state index is -0.605. The number of hydrogen-bond acceptors (Lipinski definition) is 6. The quantitative estimate of drug-likeness (QED) is 0.567. The molecule has 0 aliphatic rings. The van der Waals surface area contributed by atoms with Crippen molar-refractivity contribution >= 4 is 51.5 Å². The number of rotatable bonds is 6. The SMILES string of the molecule is CC(=O)Nc1nc(COC(=O)c2ccccc2NC(=O)c2ccc(Cl)cc2)cs1. The third-order valence-corrected chi connectivity index (χ3v) is 4.75. The average Bonchev–Trinajstić information content (AvgIpc) is 3.13. The molecule has 0 aliphatic heterocycles. The van der Waals surface area contributed by atoms with Gasteiger partial charge in [-0.05, 0) is 36.4 Å². The van der Waals surface area contributed by atoms with Crippen molar-refractivity contribution in [3.63, 3.8) is 0 Å². The van der Waals surface area contributed by atoms with Crippen molar-refractivity contribution in [1.29, 1.82) is 0 Å². The Morgan fingerprint density at radius 3 is 2.52 bits per heavy atom. The van der Waals surface area contributed by atoms with Crippen LogP contribution in [0.15, 0.2) is 53.9 Å². The molecule has 0 saturated heterocycles. The van der Waals surface area contributed by atoms with Crippen molar-refractivity contribution in [2.45, 2.75) is 13.5 Å². The third-order valence-electron chi connectivity index (χ3n) is 3.69. The van der Waals surface area contributed by atoms with Crippen LogP contribution in [0.5, 0.6) is 0 Å². The molecule has 2 N–H and O–H groups in total. The number of anilines is 2. The summed E-state index contributed by atoms with van der Waals surface area (Å²) in [7, 11) is 0.